The number of carbonyl (C=O) groups is 1. The second kappa shape index (κ2) is 4.46. The van der Waals surface area contributed by atoms with E-state index in [0.717, 1.165) is 36.1 Å². The van der Waals surface area contributed by atoms with E-state index in [1.165, 1.54) is 0 Å². The fourth-order valence-electron chi connectivity index (χ4n) is 2.46. The van der Waals surface area contributed by atoms with Crippen LogP contribution in [0.4, 0.5) is 11.4 Å². The van der Waals surface area contributed by atoms with Crippen LogP contribution in [0.15, 0.2) is 18.3 Å². The highest BCUT2D eigenvalue weighted by Crippen LogP contribution is 2.28. The summed E-state index contributed by atoms with van der Waals surface area (Å²) in [6.45, 7) is 2.00. The van der Waals surface area contributed by atoms with Crippen molar-refractivity contribution in [3.63, 3.8) is 0 Å². The van der Waals surface area contributed by atoms with Gasteiger partial charge in [0.15, 0.2) is 0 Å². The highest BCUT2D eigenvalue weighted by Gasteiger charge is 2.21. The third-order valence-electron chi connectivity index (χ3n) is 3.60. The van der Waals surface area contributed by atoms with Crippen LogP contribution >= 0.6 is 0 Å². The van der Waals surface area contributed by atoms with E-state index in [1.54, 1.807) is 11.1 Å². The third kappa shape index (κ3) is 2.09. The molecule has 2 aromatic rings. The molecule has 19 heavy (non-hydrogen) atoms. The molecule has 6 nitrogen and oxygen atoms in total. The third-order valence-corrected chi connectivity index (χ3v) is 3.60. The van der Waals surface area contributed by atoms with Gasteiger partial charge in [-0.3, -0.25) is 9.89 Å². The van der Waals surface area contributed by atoms with Crippen molar-refractivity contribution in [2.75, 3.05) is 37.3 Å². The number of nitrogen functional groups attached to an aromatic ring is 1. The van der Waals surface area contributed by atoms with Crippen molar-refractivity contribution in [1.29, 1.82) is 0 Å². The first-order valence-electron chi connectivity index (χ1n) is 6.36. The lowest BCUT2D eigenvalue weighted by molar-refractivity contribution is -0.127. The van der Waals surface area contributed by atoms with E-state index in [2.05, 4.69) is 10.2 Å². The molecule has 3 N–H and O–H groups in total. The Morgan fingerprint density at radius 3 is 3.05 bits per heavy atom. The second-order valence-electron chi connectivity index (χ2n) is 4.96. The van der Waals surface area contributed by atoms with Crippen molar-refractivity contribution < 1.29 is 4.79 Å². The van der Waals surface area contributed by atoms with Crippen molar-refractivity contribution in [1.82, 2.24) is 15.1 Å². The van der Waals surface area contributed by atoms with Crippen LogP contribution in [0.1, 0.15) is 6.42 Å². The zero-order chi connectivity index (χ0) is 13.4. The predicted molar refractivity (Wildman–Crippen MR) is 75.0 cm³/mol. The molecule has 0 unspecified atom stereocenters. The summed E-state index contributed by atoms with van der Waals surface area (Å²) in [6.07, 6.45) is 2.69. The van der Waals surface area contributed by atoms with Gasteiger partial charge in [-0.15, -0.1) is 0 Å². The molecular formula is C13H17N5O. The Labute approximate surface area is 111 Å². The number of carbonyl (C=O) groups excluding carboxylic acids is 1. The van der Waals surface area contributed by atoms with Gasteiger partial charge in [-0.2, -0.15) is 5.10 Å². The summed E-state index contributed by atoms with van der Waals surface area (Å²) < 4.78 is 0. The Balaban J connectivity index is 1.98. The Hall–Kier alpha value is -2.24. The van der Waals surface area contributed by atoms with Gasteiger partial charge in [0, 0.05) is 25.5 Å². The van der Waals surface area contributed by atoms with Crippen LogP contribution in [0, 0.1) is 0 Å². The minimum Gasteiger partial charge on any atom is -0.397 e. The molecule has 0 radical (unpaired) electrons. The number of aromatic nitrogens is 2. The van der Waals surface area contributed by atoms with Crippen LogP contribution in [-0.2, 0) is 4.79 Å². The van der Waals surface area contributed by atoms with Crippen LogP contribution in [-0.4, -0.2) is 47.7 Å². The summed E-state index contributed by atoms with van der Waals surface area (Å²) in [4.78, 5) is 15.8. The molecule has 1 aromatic carbocycles. The maximum absolute atomic E-state index is 11.9. The normalized spacial score (nSPS) is 17.0. The van der Waals surface area contributed by atoms with E-state index in [1.807, 2.05) is 24.1 Å². The van der Waals surface area contributed by atoms with Gasteiger partial charge in [0.25, 0.3) is 0 Å². The second-order valence-corrected chi connectivity index (χ2v) is 4.96. The molecule has 1 aliphatic heterocycles. The first-order valence-corrected chi connectivity index (χ1v) is 6.36. The maximum Gasteiger partial charge on any atom is 0.241 e. The number of likely N-dealkylation sites (N-methyl/N-ethyl adjacent to an activating group) is 1. The Morgan fingerprint density at radius 2 is 2.21 bits per heavy atom. The molecule has 1 aromatic heterocycles. The number of hydrogen-bond acceptors (Lipinski definition) is 4. The molecule has 1 fully saturated rings. The zero-order valence-electron chi connectivity index (χ0n) is 10.9. The van der Waals surface area contributed by atoms with Crippen molar-refractivity contribution in [3.05, 3.63) is 18.3 Å². The number of nitrogens with zero attached hydrogens (tertiary/aromatic N) is 3. The number of nitrogens with two attached hydrogens (primary N) is 1. The number of rotatable bonds is 1. The summed E-state index contributed by atoms with van der Waals surface area (Å²) in [7, 11) is 1.84. The van der Waals surface area contributed by atoms with Gasteiger partial charge >= 0.3 is 0 Å². The van der Waals surface area contributed by atoms with Gasteiger partial charge in [0.1, 0.15) is 0 Å². The van der Waals surface area contributed by atoms with Crippen molar-refractivity contribution in [2.24, 2.45) is 0 Å². The molecule has 0 bridgehead atoms. The quantitative estimate of drug-likeness (QED) is 0.743. The molecule has 1 saturated heterocycles. The number of benzene rings is 1. The Bertz CT molecular complexity index is 621. The lowest BCUT2D eigenvalue weighted by Crippen LogP contribution is -2.34. The molecule has 3 rings (SSSR count). The van der Waals surface area contributed by atoms with Gasteiger partial charge in [-0.25, -0.2) is 0 Å². The van der Waals surface area contributed by atoms with E-state index in [4.69, 9.17) is 5.73 Å². The number of anilines is 2. The molecule has 2 heterocycles. The lowest BCUT2D eigenvalue weighted by atomic mass is 10.2. The van der Waals surface area contributed by atoms with Crippen LogP contribution < -0.4 is 10.6 Å². The fraction of sp³-hybridized carbons (Fsp3) is 0.385. The SMILES string of the molecule is CN1CCCN(c2cc3[nH]ncc3cc2N)CC1=O. The van der Waals surface area contributed by atoms with E-state index in [0.29, 0.717) is 12.2 Å². The lowest BCUT2D eigenvalue weighted by Gasteiger charge is -2.23. The smallest absolute Gasteiger partial charge is 0.241 e. The average molecular weight is 259 g/mol. The molecule has 6 heteroatoms. The molecular weight excluding hydrogens is 242 g/mol. The first kappa shape index (κ1) is 11.8. The zero-order valence-corrected chi connectivity index (χ0v) is 10.9. The fourth-order valence-corrected chi connectivity index (χ4v) is 2.46. The van der Waals surface area contributed by atoms with Crippen LogP contribution in [0.5, 0.6) is 0 Å². The van der Waals surface area contributed by atoms with E-state index < -0.39 is 0 Å². The van der Waals surface area contributed by atoms with Crippen LogP contribution in [0.2, 0.25) is 0 Å². The van der Waals surface area contributed by atoms with Gasteiger partial charge in [-0.05, 0) is 18.6 Å². The predicted octanol–water partition coefficient (Wildman–Crippen LogP) is 0.814. The number of H-pyrrole nitrogens is 1. The minimum absolute atomic E-state index is 0.126. The van der Waals surface area contributed by atoms with E-state index >= 15 is 0 Å². The Kier molecular flexibility index (Phi) is 2.77. The summed E-state index contributed by atoms with van der Waals surface area (Å²) >= 11 is 0. The highest BCUT2D eigenvalue weighted by atomic mass is 16.2. The number of nitrogens with one attached hydrogen (secondary N) is 1. The molecule has 1 amide bonds. The van der Waals surface area contributed by atoms with Crippen molar-refractivity contribution in [2.45, 2.75) is 6.42 Å². The topological polar surface area (TPSA) is 78.2 Å². The molecule has 0 spiro atoms. The van der Waals surface area contributed by atoms with Crippen LogP contribution in [0.25, 0.3) is 10.9 Å². The Morgan fingerprint density at radius 1 is 1.37 bits per heavy atom. The van der Waals surface area contributed by atoms with E-state index in [-0.39, 0.29) is 5.91 Å². The molecule has 0 aliphatic carbocycles. The molecule has 0 atom stereocenters. The highest BCUT2D eigenvalue weighted by molar-refractivity contribution is 5.91. The maximum atomic E-state index is 11.9. The minimum atomic E-state index is 0.126. The monoisotopic (exact) mass is 259 g/mol. The molecule has 1 aliphatic rings. The summed E-state index contributed by atoms with van der Waals surface area (Å²) in [5.74, 6) is 0.126. The molecule has 100 valence electrons. The average Bonchev–Trinajstić information content (AvgIpc) is 2.76. The molecule has 0 saturated carbocycles. The van der Waals surface area contributed by atoms with Gasteiger partial charge in [0.05, 0.1) is 29.6 Å². The van der Waals surface area contributed by atoms with Crippen molar-refractivity contribution >= 4 is 28.2 Å². The summed E-state index contributed by atoms with van der Waals surface area (Å²) in [5.41, 5.74) is 8.63. The summed E-state index contributed by atoms with van der Waals surface area (Å²) in [5, 5.41) is 7.92. The van der Waals surface area contributed by atoms with Crippen molar-refractivity contribution in [3.8, 4) is 0 Å². The van der Waals surface area contributed by atoms with E-state index in [9.17, 15) is 4.79 Å². The first-order chi connectivity index (χ1) is 9.15. The van der Waals surface area contributed by atoms with Gasteiger partial charge < -0.3 is 15.5 Å². The number of fused-ring (bicyclic) bond motifs is 1. The number of hydrogen-bond donors (Lipinski definition) is 2. The number of amides is 1. The van der Waals surface area contributed by atoms with Crippen LogP contribution in [0.3, 0.4) is 0 Å². The van der Waals surface area contributed by atoms with Gasteiger partial charge in [0.2, 0.25) is 5.91 Å². The standard InChI is InChI=1S/C13H17N5O/c1-17-3-2-4-18(8-13(17)19)12-6-11-9(5-10(12)14)7-15-16-11/h5-7H,2-4,8,14H2,1H3,(H,15,16). The number of aromatic amines is 1. The van der Waals surface area contributed by atoms with Gasteiger partial charge in [-0.1, -0.05) is 0 Å². The largest absolute Gasteiger partial charge is 0.397 e. The summed E-state index contributed by atoms with van der Waals surface area (Å²) in [6, 6.07) is 3.86.